The number of nitrogens with zero attached hydrogens (tertiary/aromatic N) is 4. The van der Waals surface area contributed by atoms with E-state index in [1.54, 1.807) is 18.4 Å². The second-order valence-electron chi connectivity index (χ2n) is 6.95. The van der Waals surface area contributed by atoms with E-state index in [4.69, 9.17) is 4.74 Å². The van der Waals surface area contributed by atoms with Crippen LogP contribution in [0, 0.1) is 6.92 Å². The van der Waals surface area contributed by atoms with Gasteiger partial charge in [-0.15, -0.1) is 10.2 Å². The molecule has 4 rings (SSSR count). The molecule has 2 aromatic heterocycles. The number of para-hydroxylation sites is 2. The zero-order chi connectivity index (χ0) is 22.0. The fourth-order valence-electron chi connectivity index (χ4n) is 3.31. The summed E-state index contributed by atoms with van der Waals surface area (Å²) in [6.07, 6.45) is 0. The van der Waals surface area contributed by atoms with Crippen molar-refractivity contribution in [2.24, 2.45) is 0 Å². The van der Waals surface area contributed by atoms with Crippen molar-refractivity contribution in [1.29, 1.82) is 0 Å². The molecule has 0 saturated heterocycles. The van der Waals surface area contributed by atoms with Crippen LogP contribution in [0.4, 0.5) is 0 Å². The van der Waals surface area contributed by atoms with Gasteiger partial charge >= 0.3 is 10.8 Å². The van der Waals surface area contributed by atoms with Crippen LogP contribution in [-0.4, -0.2) is 37.2 Å². The van der Waals surface area contributed by atoms with Gasteiger partial charge < -0.3 is 4.74 Å². The molecule has 9 heteroatoms. The van der Waals surface area contributed by atoms with E-state index >= 15 is 0 Å². The predicted octanol–water partition coefficient (Wildman–Crippen LogP) is 4.04. The molecule has 0 amide bonds. The number of thiazole rings is 1. The molecule has 1 atom stereocenters. The summed E-state index contributed by atoms with van der Waals surface area (Å²) in [4.78, 5) is 24.8. The largest absolute Gasteiger partial charge is 0.465 e. The average molecular weight is 455 g/mol. The lowest BCUT2D eigenvalue weighted by atomic mass is 10.2. The third-order valence-electron chi connectivity index (χ3n) is 4.83. The van der Waals surface area contributed by atoms with E-state index in [1.807, 2.05) is 60.0 Å². The predicted molar refractivity (Wildman–Crippen MR) is 123 cm³/mol. The van der Waals surface area contributed by atoms with Crippen LogP contribution in [-0.2, 0) is 16.1 Å². The molecule has 0 spiro atoms. The maximum absolute atomic E-state index is 12.7. The second-order valence-corrected chi connectivity index (χ2v) is 9.26. The maximum Gasteiger partial charge on any atom is 0.319 e. The number of carbonyl (C=O) groups is 1. The van der Waals surface area contributed by atoms with Gasteiger partial charge in [-0.2, -0.15) is 0 Å². The van der Waals surface area contributed by atoms with Crippen LogP contribution in [0.25, 0.3) is 15.9 Å². The number of benzene rings is 2. The van der Waals surface area contributed by atoms with Crippen molar-refractivity contribution >= 4 is 39.3 Å². The second kappa shape index (κ2) is 9.07. The Morgan fingerprint density at radius 3 is 2.68 bits per heavy atom. The Labute approximate surface area is 187 Å². The molecule has 2 heterocycles. The summed E-state index contributed by atoms with van der Waals surface area (Å²) in [6, 6.07) is 15.6. The van der Waals surface area contributed by atoms with Crippen LogP contribution in [0.1, 0.15) is 25.2 Å². The highest BCUT2D eigenvalue weighted by Crippen LogP contribution is 2.28. The first kappa shape index (κ1) is 21.3. The minimum absolute atomic E-state index is 0.0466. The van der Waals surface area contributed by atoms with Gasteiger partial charge in [-0.3, -0.25) is 18.7 Å². The number of aryl methyl sites for hydroxylation is 1. The smallest absolute Gasteiger partial charge is 0.319 e. The molecule has 0 N–H and O–H groups in total. The summed E-state index contributed by atoms with van der Waals surface area (Å²) in [7, 11) is 0. The normalized spacial score (nSPS) is 12.2. The lowest BCUT2D eigenvalue weighted by Gasteiger charge is -2.15. The molecule has 2 aromatic carbocycles. The fourth-order valence-corrected chi connectivity index (χ4v) is 5.07. The first-order valence-electron chi connectivity index (χ1n) is 9.91. The van der Waals surface area contributed by atoms with E-state index in [2.05, 4.69) is 10.2 Å². The van der Waals surface area contributed by atoms with E-state index in [0.717, 1.165) is 21.5 Å². The first-order chi connectivity index (χ1) is 15.0. The van der Waals surface area contributed by atoms with Crippen molar-refractivity contribution in [1.82, 2.24) is 19.3 Å². The van der Waals surface area contributed by atoms with Crippen molar-refractivity contribution in [3.63, 3.8) is 0 Å². The average Bonchev–Trinajstić information content (AvgIpc) is 3.29. The molecule has 0 aliphatic carbocycles. The van der Waals surface area contributed by atoms with E-state index in [9.17, 15) is 9.59 Å². The number of hydrogen-bond donors (Lipinski definition) is 0. The number of rotatable bonds is 7. The number of hydrogen-bond acceptors (Lipinski definition) is 7. The molecule has 0 radical (unpaired) electrons. The number of ether oxygens (including phenoxy) is 1. The van der Waals surface area contributed by atoms with E-state index in [-0.39, 0.29) is 17.4 Å². The number of carbonyl (C=O) groups excluding carboxylic acids is 1. The summed E-state index contributed by atoms with van der Waals surface area (Å²) < 4.78 is 9.71. The first-order valence-corrected chi connectivity index (χ1v) is 11.6. The van der Waals surface area contributed by atoms with Crippen LogP contribution in [0.15, 0.2) is 58.5 Å². The number of aromatic nitrogens is 4. The Bertz CT molecular complexity index is 1290. The van der Waals surface area contributed by atoms with Crippen molar-refractivity contribution in [3.05, 3.63) is 69.6 Å². The van der Waals surface area contributed by atoms with Crippen molar-refractivity contribution < 1.29 is 9.53 Å². The Balaban J connectivity index is 1.79. The summed E-state index contributed by atoms with van der Waals surface area (Å²) >= 11 is 2.51. The molecule has 4 aromatic rings. The highest BCUT2D eigenvalue weighted by atomic mass is 32.2. The van der Waals surface area contributed by atoms with E-state index in [1.165, 1.54) is 23.1 Å². The highest BCUT2D eigenvalue weighted by Gasteiger charge is 2.23. The molecule has 160 valence electrons. The molecular weight excluding hydrogens is 432 g/mol. The minimum Gasteiger partial charge on any atom is -0.465 e. The Kier molecular flexibility index (Phi) is 6.24. The van der Waals surface area contributed by atoms with Crippen molar-refractivity contribution in [3.8, 4) is 5.69 Å². The number of fused-ring (bicyclic) bond motifs is 1. The van der Waals surface area contributed by atoms with E-state index < -0.39 is 5.25 Å². The molecule has 0 aliphatic rings. The van der Waals surface area contributed by atoms with Crippen LogP contribution in [0.2, 0.25) is 0 Å². The molecule has 0 aliphatic heterocycles. The third kappa shape index (κ3) is 4.28. The fraction of sp³-hybridized carbons (Fsp3) is 0.273. The summed E-state index contributed by atoms with van der Waals surface area (Å²) in [5.74, 6) is 0.326. The number of esters is 1. The minimum atomic E-state index is -0.440. The summed E-state index contributed by atoms with van der Waals surface area (Å²) in [6.45, 7) is 6.18. The molecule has 31 heavy (non-hydrogen) atoms. The van der Waals surface area contributed by atoms with Gasteiger partial charge in [-0.1, -0.05) is 53.4 Å². The Morgan fingerprint density at radius 1 is 1.16 bits per heavy atom. The van der Waals surface area contributed by atoms with E-state index in [0.29, 0.717) is 17.6 Å². The van der Waals surface area contributed by atoms with Gasteiger partial charge in [0.05, 0.1) is 29.1 Å². The molecule has 0 unspecified atom stereocenters. The summed E-state index contributed by atoms with van der Waals surface area (Å²) in [5, 5.41) is 8.90. The molecule has 0 saturated carbocycles. The van der Waals surface area contributed by atoms with Gasteiger partial charge in [0.25, 0.3) is 0 Å². The van der Waals surface area contributed by atoms with Gasteiger partial charge in [0, 0.05) is 0 Å². The van der Waals surface area contributed by atoms with Gasteiger partial charge in [-0.25, -0.2) is 0 Å². The van der Waals surface area contributed by atoms with Gasteiger partial charge in [0.1, 0.15) is 5.25 Å². The zero-order valence-corrected chi connectivity index (χ0v) is 19.1. The molecule has 0 fully saturated rings. The standard InChI is InChI=1S/C22H22N4O3S2/c1-4-29-20(27)15(3)30-21-24-23-19(26(21)16-10-6-5-9-14(16)2)13-25-17-11-7-8-12-18(17)31-22(25)28/h5-12,15H,4,13H2,1-3H3/t15-/m0/s1. The molecular formula is C22H22N4O3S2. The molecule has 7 nitrogen and oxygen atoms in total. The Hall–Kier alpha value is -2.91. The van der Waals surface area contributed by atoms with Crippen LogP contribution in [0.5, 0.6) is 0 Å². The van der Waals surface area contributed by atoms with Gasteiger partial charge in [0.15, 0.2) is 11.0 Å². The lowest BCUT2D eigenvalue weighted by Crippen LogP contribution is -2.19. The zero-order valence-electron chi connectivity index (χ0n) is 17.4. The van der Waals surface area contributed by atoms with Gasteiger partial charge in [0.2, 0.25) is 0 Å². The Morgan fingerprint density at radius 2 is 1.90 bits per heavy atom. The highest BCUT2D eigenvalue weighted by molar-refractivity contribution is 8.00. The molecule has 0 bridgehead atoms. The maximum atomic E-state index is 12.7. The SMILES string of the molecule is CCOC(=O)[C@H](C)Sc1nnc(Cn2c(=O)sc3ccccc32)n1-c1ccccc1C. The van der Waals surface area contributed by atoms with Crippen LogP contribution < -0.4 is 4.87 Å². The topological polar surface area (TPSA) is 79.0 Å². The van der Waals surface area contributed by atoms with Crippen molar-refractivity contribution in [2.75, 3.05) is 6.61 Å². The third-order valence-corrected chi connectivity index (χ3v) is 6.81. The monoisotopic (exact) mass is 454 g/mol. The summed E-state index contributed by atoms with van der Waals surface area (Å²) in [5.41, 5.74) is 2.82. The van der Waals surface area contributed by atoms with Crippen molar-refractivity contribution in [2.45, 2.75) is 37.7 Å². The van der Waals surface area contributed by atoms with Crippen LogP contribution in [0.3, 0.4) is 0 Å². The number of thioether (sulfide) groups is 1. The van der Waals surface area contributed by atoms with Crippen LogP contribution >= 0.6 is 23.1 Å². The van der Waals surface area contributed by atoms with Gasteiger partial charge in [-0.05, 0) is 44.5 Å². The quantitative estimate of drug-likeness (QED) is 0.310. The lowest BCUT2D eigenvalue weighted by molar-refractivity contribution is -0.142.